The highest BCUT2D eigenvalue weighted by atomic mass is 16.2. The lowest BCUT2D eigenvalue weighted by molar-refractivity contribution is 0.0946. The number of amides is 1. The highest BCUT2D eigenvalue weighted by Crippen LogP contribution is 2.12. The minimum atomic E-state index is -0.206. The van der Waals surface area contributed by atoms with Gasteiger partial charge in [-0.15, -0.1) is 0 Å². The molecule has 0 aliphatic carbocycles. The Morgan fingerprint density at radius 2 is 2.05 bits per heavy atom. The van der Waals surface area contributed by atoms with E-state index in [-0.39, 0.29) is 12.5 Å². The third-order valence-corrected chi connectivity index (χ3v) is 3.43. The Hall–Kier alpha value is -1.79. The molecule has 0 radical (unpaired) electrons. The monoisotopic (exact) mass is 273 g/mol. The van der Waals surface area contributed by atoms with Gasteiger partial charge in [-0.05, 0) is 30.5 Å². The van der Waals surface area contributed by atoms with Crippen molar-refractivity contribution in [3.63, 3.8) is 0 Å². The van der Waals surface area contributed by atoms with E-state index < -0.39 is 0 Å². The summed E-state index contributed by atoms with van der Waals surface area (Å²) in [4.78, 5) is 12.2. The molecule has 0 saturated heterocycles. The number of aliphatic hydroxyl groups is 1. The minimum absolute atomic E-state index is 0.0980. The molecule has 1 rings (SSSR count). The fraction of sp³-hybridized carbons (Fsp3) is 0.471. The summed E-state index contributed by atoms with van der Waals surface area (Å²) in [5.74, 6) is 5.85. The van der Waals surface area contributed by atoms with Gasteiger partial charge in [-0.3, -0.25) is 4.79 Å². The molecule has 0 spiro atoms. The number of nitrogens with one attached hydrogen (secondary N) is 1. The van der Waals surface area contributed by atoms with Crippen LogP contribution in [-0.4, -0.2) is 24.2 Å². The van der Waals surface area contributed by atoms with Crippen molar-refractivity contribution >= 4 is 5.91 Å². The lowest BCUT2D eigenvalue weighted by Gasteiger charge is -2.14. The summed E-state index contributed by atoms with van der Waals surface area (Å²) in [6.45, 7) is 6.69. The molecular weight excluding hydrogens is 250 g/mol. The van der Waals surface area contributed by atoms with Crippen LogP contribution in [-0.2, 0) is 0 Å². The second-order valence-corrected chi connectivity index (χ2v) is 4.90. The van der Waals surface area contributed by atoms with Crippen LogP contribution in [0.4, 0.5) is 0 Å². The molecule has 1 aromatic carbocycles. The lowest BCUT2D eigenvalue weighted by atomic mass is 10.0. The van der Waals surface area contributed by atoms with Crippen LogP contribution in [0.3, 0.4) is 0 Å². The van der Waals surface area contributed by atoms with E-state index in [1.54, 1.807) is 6.07 Å². The predicted molar refractivity (Wildman–Crippen MR) is 81.5 cm³/mol. The summed E-state index contributed by atoms with van der Waals surface area (Å²) in [7, 11) is 0. The van der Waals surface area contributed by atoms with Crippen LogP contribution in [0.5, 0.6) is 0 Å². The van der Waals surface area contributed by atoms with Gasteiger partial charge in [0.2, 0.25) is 0 Å². The van der Waals surface area contributed by atoms with E-state index in [0.717, 1.165) is 18.4 Å². The normalized spacial score (nSPS) is 10.1. The van der Waals surface area contributed by atoms with Crippen molar-refractivity contribution in [3.05, 3.63) is 34.9 Å². The van der Waals surface area contributed by atoms with E-state index in [2.05, 4.69) is 31.0 Å². The molecule has 1 aromatic rings. The molecule has 0 heterocycles. The largest absolute Gasteiger partial charge is 0.384 e. The van der Waals surface area contributed by atoms with Crippen LogP contribution in [0.15, 0.2) is 18.2 Å². The van der Waals surface area contributed by atoms with Gasteiger partial charge in [0, 0.05) is 12.1 Å². The van der Waals surface area contributed by atoms with E-state index in [9.17, 15) is 4.79 Å². The molecule has 0 unspecified atom stereocenters. The van der Waals surface area contributed by atoms with Crippen LogP contribution in [0.25, 0.3) is 0 Å². The third kappa shape index (κ3) is 4.71. The average Bonchev–Trinajstić information content (AvgIpc) is 2.46. The van der Waals surface area contributed by atoms with E-state index in [1.165, 1.54) is 0 Å². The van der Waals surface area contributed by atoms with Crippen LogP contribution in [0.2, 0.25) is 0 Å². The number of benzene rings is 1. The smallest absolute Gasteiger partial charge is 0.252 e. The molecule has 0 aliphatic heterocycles. The molecule has 0 atom stereocenters. The average molecular weight is 273 g/mol. The molecule has 20 heavy (non-hydrogen) atoms. The zero-order chi connectivity index (χ0) is 15.0. The number of aliphatic hydroxyl groups excluding tert-OH is 1. The molecule has 1 amide bonds. The van der Waals surface area contributed by atoms with Gasteiger partial charge in [0.15, 0.2) is 0 Å². The molecule has 0 saturated carbocycles. The van der Waals surface area contributed by atoms with Crippen molar-refractivity contribution in [2.45, 2.75) is 33.6 Å². The zero-order valence-electron chi connectivity index (χ0n) is 12.5. The summed E-state index contributed by atoms with van der Waals surface area (Å²) in [6, 6.07) is 5.56. The van der Waals surface area contributed by atoms with Gasteiger partial charge in [-0.1, -0.05) is 44.6 Å². The molecule has 108 valence electrons. The molecule has 3 nitrogen and oxygen atoms in total. The van der Waals surface area contributed by atoms with Crippen LogP contribution in [0, 0.1) is 24.7 Å². The number of carbonyl (C=O) groups excluding carboxylic acids is 1. The van der Waals surface area contributed by atoms with Gasteiger partial charge < -0.3 is 10.4 Å². The number of aryl methyl sites for hydroxylation is 1. The van der Waals surface area contributed by atoms with Crippen LogP contribution >= 0.6 is 0 Å². The summed E-state index contributed by atoms with van der Waals surface area (Å²) in [6.07, 6.45) is 2.11. The molecule has 0 fully saturated rings. The first-order valence-corrected chi connectivity index (χ1v) is 7.10. The molecule has 0 bridgehead atoms. The second-order valence-electron chi connectivity index (χ2n) is 4.90. The summed E-state index contributed by atoms with van der Waals surface area (Å²) >= 11 is 0. The van der Waals surface area contributed by atoms with Gasteiger partial charge in [0.1, 0.15) is 6.61 Å². The maximum Gasteiger partial charge on any atom is 0.252 e. The van der Waals surface area contributed by atoms with Crippen LogP contribution in [0.1, 0.15) is 48.2 Å². The number of hydrogen-bond acceptors (Lipinski definition) is 2. The zero-order valence-corrected chi connectivity index (χ0v) is 12.5. The molecule has 2 N–H and O–H groups in total. The molecule has 0 aliphatic rings. The van der Waals surface area contributed by atoms with Gasteiger partial charge in [0.25, 0.3) is 5.91 Å². The van der Waals surface area contributed by atoms with Crippen molar-refractivity contribution < 1.29 is 9.90 Å². The first kappa shape index (κ1) is 16.3. The maximum absolute atomic E-state index is 12.2. The fourth-order valence-corrected chi connectivity index (χ4v) is 2.00. The topological polar surface area (TPSA) is 49.3 Å². The maximum atomic E-state index is 12.2. The van der Waals surface area contributed by atoms with Crippen molar-refractivity contribution in [1.29, 1.82) is 0 Å². The number of carbonyl (C=O) groups is 1. The molecular formula is C17H23NO2. The standard InChI is InChI=1S/C17H23NO2/c1-4-14(5-2)12-18-17(20)16-9-8-13(3)11-15(16)7-6-10-19/h8-9,11,14,19H,4-5,10,12H2,1-3H3,(H,18,20). The van der Waals surface area contributed by atoms with Crippen molar-refractivity contribution in [3.8, 4) is 11.8 Å². The Morgan fingerprint density at radius 1 is 1.35 bits per heavy atom. The van der Waals surface area contributed by atoms with E-state index in [1.807, 2.05) is 19.1 Å². The Kier molecular flexibility index (Phi) is 6.83. The van der Waals surface area contributed by atoms with E-state index in [0.29, 0.717) is 23.6 Å². The van der Waals surface area contributed by atoms with Crippen LogP contribution < -0.4 is 5.32 Å². The first-order chi connectivity index (χ1) is 9.62. The first-order valence-electron chi connectivity index (χ1n) is 7.10. The number of rotatable bonds is 5. The van der Waals surface area contributed by atoms with Gasteiger partial charge >= 0.3 is 0 Å². The highest BCUT2D eigenvalue weighted by Gasteiger charge is 2.12. The SMILES string of the molecule is CCC(CC)CNC(=O)c1ccc(C)cc1C#CCO. The second kappa shape index (κ2) is 8.39. The van der Waals surface area contributed by atoms with Crippen molar-refractivity contribution in [1.82, 2.24) is 5.32 Å². The Bertz CT molecular complexity index is 507. The Balaban J connectivity index is 2.86. The predicted octanol–water partition coefficient (Wildman–Crippen LogP) is 2.50. The summed E-state index contributed by atoms with van der Waals surface area (Å²) in [5, 5.41) is 11.8. The highest BCUT2D eigenvalue weighted by molar-refractivity contribution is 5.96. The molecule has 3 heteroatoms. The van der Waals surface area contributed by atoms with Gasteiger partial charge in [-0.2, -0.15) is 0 Å². The Labute approximate surface area is 121 Å². The van der Waals surface area contributed by atoms with Crippen molar-refractivity contribution in [2.24, 2.45) is 5.92 Å². The fourth-order valence-electron chi connectivity index (χ4n) is 2.00. The Morgan fingerprint density at radius 3 is 2.65 bits per heavy atom. The number of hydrogen-bond donors (Lipinski definition) is 2. The van der Waals surface area contributed by atoms with Crippen molar-refractivity contribution in [2.75, 3.05) is 13.2 Å². The van der Waals surface area contributed by atoms with Gasteiger partial charge in [0.05, 0.1) is 5.56 Å². The quantitative estimate of drug-likeness (QED) is 0.810. The third-order valence-electron chi connectivity index (χ3n) is 3.43. The van der Waals surface area contributed by atoms with E-state index >= 15 is 0 Å². The summed E-state index contributed by atoms with van der Waals surface area (Å²) in [5.41, 5.74) is 2.28. The lowest BCUT2D eigenvalue weighted by Crippen LogP contribution is -2.29. The van der Waals surface area contributed by atoms with Gasteiger partial charge in [-0.25, -0.2) is 0 Å². The minimum Gasteiger partial charge on any atom is -0.384 e. The van der Waals surface area contributed by atoms with E-state index in [4.69, 9.17) is 5.11 Å². The molecule has 0 aromatic heterocycles. The summed E-state index contributed by atoms with van der Waals surface area (Å²) < 4.78 is 0.